The van der Waals surface area contributed by atoms with Gasteiger partial charge in [0.1, 0.15) is 18.3 Å². The number of amides is 1. The van der Waals surface area contributed by atoms with Gasteiger partial charge >= 0.3 is 7.82 Å². The molecular weight excluding hydrogens is 477 g/mol. The van der Waals surface area contributed by atoms with Gasteiger partial charge in [0.2, 0.25) is 5.91 Å². The van der Waals surface area contributed by atoms with Crippen LogP contribution in [0.5, 0.6) is 0 Å². The van der Waals surface area contributed by atoms with E-state index in [1.54, 1.807) is 6.08 Å². The zero-order valence-electron chi connectivity index (χ0n) is 19.9. The minimum atomic E-state index is -4.76. The van der Waals surface area contributed by atoms with Crippen molar-refractivity contribution < 1.29 is 43.7 Å². The SMILES string of the molecule is O=C1/C=C\C2CC23C(C2OC(COP(=O)(O)O)C(O)C2O)CCCCCCCCC2(CC3C2O)N1. The van der Waals surface area contributed by atoms with E-state index >= 15 is 0 Å². The van der Waals surface area contributed by atoms with E-state index < -0.39 is 50.5 Å². The summed E-state index contributed by atoms with van der Waals surface area (Å²) in [6.07, 6.45) is 7.43. The molecule has 4 fully saturated rings. The molecule has 3 aliphatic heterocycles. The van der Waals surface area contributed by atoms with Gasteiger partial charge in [0.25, 0.3) is 0 Å². The smallest absolute Gasteiger partial charge is 0.390 e. The molecule has 3 saturated carbocycles. The second-order valence-electron chi connectivity index (χ2n) is 11.4. The average Bonchev–Trinajstić information content (AvgIpc) is 3.42. The Kier molecular flexibility index (Phi) is 6.98. The molecule has 10 unspecified atom stereocenters. The fourth-order valence-corrected chi connectivity index (χ4v) is 7.97. The Balaban J connectivity index is 1.46. The van der Waals surface area contributed by atoms with Gasteiger partial charge in [0, 0.05) is 0 Å². The lowest BCUT2D eigenvalue weighted by Crippen LogP contribution is -2.70. The van der Waals surface area contributed by atoms with Crippen molar-refractivity contribution in [2.75, 3.05) is 6.61 Å². The normalized spacial score (nSPS) is 49.1. The fourth-order valence-electron chi connectivity index (χ4n) is 7.63. The highest BCUT2D eigenvalue weighted by atomic mass is 31.2. The van der Waals surface area contributed by atoms with Gasteiger partial charge in [-0.3, -0.25) is 9.32 Å². The third-order valence-corrected chi connectivity index (χ3v) is 9.94. The summed E-state index contributed by atoms with van der Waals surface area (Å²) < 4.78 is 21.8. The molecule has 3 bridgehead atoms. The Hall–Kier alpha value is -0.840. The van der Waals surface area contributed by atoms with Crippen molar-refractivity contribution >= 4 is 13.7 Å². The molecule has 11 heteroatoms. The standard InChI is InChI=1S/C24H38NO9P/c26-18-9-8-14-11-24(14)15(21-20(28)19(27)17(34-21)13-33-35(30,31)32)7-5-3-1-2-4-6-10-23(25-18)12-16(24)22(23)29/h8-9,14-17,19-22,27-29H,1-7,10-13H2,(H,25,26)(H2,30,31,32)/b9-8-. The number of carbonyl (C=O) groups is 1. The number of hydrogen-bond donors (Lipinski definition) is 6. The lowest BCUT2D eigenvalue weighted by Gasteiger charge is -2.57. The van der Waals surface area contributed by atoms with Crippen LogP contribution >= 0.6 is 7.82 Å². The first kappa shape index (κ1) is 25.8. The van der Waals surface area contributed by atoms with Crippen LogP contribution in [0.15, 0.2) is 12.2 Å². The van der Waals surface area contributed by atoms with Gasteiger partial charge in [-0.1, -0.05) is 44.6 Å². The summed E-state index contributed by atoms with van der Waals surface area (Å²) in [4.78, 5) is 30.8. The molecule has 1 saturated heterocycles. The highest BCUT2D eigenvalue weighted by Gasteiger charge is 2.72. The molecule has 10 atom stereocenters. The number of nitrogens with one attached hydrogen (secondary N) is 1. The molecule has 10 nitrogen and oxygen atoms in total. The number of carbonyl (C=O) groups excluding carboxylic acids is 1. The first-order valence-corrected chi connectivity index (χ1v) is 14.5. The van der Waals surface area contributed by atoms with E-state index in [2.05, 4.69) is 9.84 Å². The molecule has 6 N–H and O–H groups in total. The summed E-state index contributed by atoms with van der Waals surface area (Å²) in [5, 5.41) is 36.3. The Bertz CT molecular complexity index is 894. The molecule has 3 heterocycles. The number of aliphatic hydroxyl groups excluding tert-OH is 3. The van der Waals surface area contributed by atoms with E-state index in [9.17, 15) is 24.7 Å². The van der Waals surface area contributed by atoms with Gasteiger partial charge in [0.15, 0.2) is 0 Å². The van der Waals surface area contributed by atoms with Gasteiger partial charge in [-0.05, 0) is 54.9 Å². The summed E-state index contributed by atoms with van der Waals surface area (Å²) >= 11 is 0. The summed E-state index contributed by atoms with van der Waals surface area (Å²) in [6.45, 7) is -0.532. The highest BCUT2D eigenvalue weighted by molar-refractivity contribution is 7.46. The predicted molar refractivity (Wildman–Crippen MR) is 124 cm³/mol. The van der Waals surface area contributed by atoms with Crippen LogP contribution in [0.3, 0.4) is 0 Å². The molecule has 0 aromatic rings. The van der Waals surface area contributed by atoms with Crippen molar-refractivity contribution in [2.24, 2.45) is 23.2 Å². The Morgan fingerprint density at radius 3 is 2.46 bits per heavy atom. The van der Waals surface area contributed by atoms with Crippen molar-refractivity contribution in [2.45, 2.75) is 100 Å². The van der Waals surface area contributed by atoms with Gasteiger partial charge in [-0.2, -0.15) is 0 Å². The zero-order chi connectivity index (χ0) is 25.0. The summed E-state index contributed by atoms with van der Waals surface area (Å²) in [5.74, 6) is -0.387. The van der Waals surface area contributed by atoms with E-state index in [0.29, 0.717) is 6.42 Å². The molecule has 6 rings (SSSR count). The van der Waals surface area contributed by atoms with Crippen molar-refractivity contribution in [3.8, 4) is 0 Å². The molecule has 0 aromatic carbocycles. The second-order valence-corrected chi connectivity index (χ2v) is 12.6. The van der Waals surface area contributed by atoms with Gasteiger partial charge < -0.3 is 35.2 Å². The molecule has 1 spiro atoms. The average molecular weight is 516 g/mol. The van der Waals surface area contributed by atoms with E-state index in [1.165, 1.54) is 0 Å². The van der Waals surface area contributed by atoms with Crippen LogP contribution < -0.4 is 5.32 Å². The van der Waals surface area contributed by atoms with Crippen molar-refractivity contribution in [1.29, 1.82) is 0 Å². The first-order valence-electron chi connectivity index (χ1n) is 13.0. The van der Waals surface area contributed by atoms with Crippen LogP contribution in [0.1, 0.15) is 64.2 Å². The van der Waals surface area contributed by atoms with Crippen LogP contribution in [0.4, 0.5) is 0 Å². The second kappa shape index (κ2) is 9.48. The Labute approximate surface area is 205 Å². The quantitative estimate of drug-likeness (QED) is 0.301. The Morgan fingerprint density at radius 1 is 1.03 bits per heavy atom. The summed E-state index contributed by atoms with van der Waals surface area (Å²) in [6, 6.07) is 0. The van der Waals surface area contributed by atoms with Crippen LogP contribution in [-0.4, -0.2) is 73.7 Å². The molecule has 1 amide bonds. The minimum Gasteiger partial charge on any atom is -0.390 e. The number of fused-ring (bicyclic) bond motifs is 2. The molecule has 6 aliphatic rings. The van der Waals surface area contributed by atoms with E-state index in [4.69, 9.17) is 14.5 Å². The number of rotatable bonds is 4. The minimum absolute atomic E-state index is 0.0532. The van der Waals surface area contributed by atoms with Crippen molar-refractivity contribution in [1.82, 2.24) is 5.32 Å². The lowest BCUT2D eigenvalue weighted by atomic mass is 9.53. The number of ether oxygens (including phenoxy) is 1. The van der Waals surface area contributed by atoms with E-state index in [-0.39, 0.29) is 29.1 Å². The van der Waals surface area contributed by atoms with Crippen molar-refractivity contribution in [3.05, 3.63) is 12.2 Å². The maximum Gasteiger partial charge on any atom is 0.469 e. The lowest BCUT2D eigenvalue weighted by molar-refractivity contribution is -0.157. The fraction of sp³-hybridized carbons (Fsp3) is 0.875. The number of phosphoric acid groups is 1. The molecule has 198 valence electrons. The van der Waals surface area contributed by atoms with Crippen LogP contribution in [0, 0.1) is 23.2 Å². The number of aliphatic hydroxyl groups is 3. The van der Waals surface area contributed by atoms with E-state index in [1.807, 2.05) is 6.08 Å². The monoisotopic (exact) mass is 515 g/mol. The largest absolute Gasteiger partial charge is 0.469 e. The number of allylic oxidation sites excluding steroid dienone is 1. The molecular formula is C24H38NO9P. The van der Waals surface area contributed by atoms with Crippen LogP contribution in [0.2, 0.25) is 0 Å². The predicted octanol–water partition coefficient (Wildman–Crippen LogP) is 1.15. The molecule has 0 radical (unpaired) electrons. The summed E-state index contributed by atoms with van der Waals surface area (Å²) in [7, 11) is -4.76. The molecule has 3 aliphatic carbocycles. The summed E-state index contributed by atoms with van der Waals surface area (Å²) in [5.41, 5.74) is -1.01. The van der Waals surface area contributed by atoms with E-state index in [0.717, 1.165) is 57.8 Å². The van der Waals surface area contributed by atoms with Crippen LogP contribution in [-0.2, 0) is 18.6 Å². The maximum absolute atomic E-state index is 12.6. The third-order valence-electron chi connectivity index (χ3n) is 9.46. The van der Waals surface area contributed by atoms with Gasteiger partial charge in [-0.25, -0.2) is 4.57 Å². The number of hydrogen-bond acceptors (Lipinski definition) is 7. The number of phosphoric ester groups is 1. The topological polar surface area (TPSA) is 166 Å². The van der Waals surface area contributed by atoms with Gasteiger partial charge in [0.05, 0.1) is 24.4 Å². The van der Waals surface area contributed by atoms with Crippen LogP contribution in [0.25, 0.3) is 0 Å². The maximum atomic E-state index is 12.6. The molecule has 35 heavy (non-hydrogen) atoms. The van der Waals surface area contributed by atoms with Gasteiger partial charge in [-0.15, -0.1) is 0 Å². The Morgan fingerprint density at radius 2 is 1.74 bits per heavy atom. The molecule has 0 aromatic heterocycles. The first-order chi connectivity index (χ1) is 16.6. The van der Waals surface area contributed by atoms with Crippen molar-refractivity contribution in [3.63, 3.8) is 0 Å². The highest BCUT2D eigenvalue weighted by Crippen LogP contribution is 2.72. The third kappa shape index (κ3) is 4.66. The zero-order valence-corrected chi connectivity index (χ0v) is 20.8.